The van der Waals surface area contributed by atoms with Crippen LogP contribution < -0.4 is 10.1 Å². The molecule has 1 aliphatic rings. The number of carbonyl (C=O) groups excluding carboxylic acids is 2. The van der Waals surface area contributed by atoms with Crippen molar-refractivity contribution in [2.45, 2.75) is 6.61 Å². The zero-order valence-electron chi connectivity index (χ0n) is 18.0. The molecule has 1 N–H and O–H groups in total. The van der Waals surface area contributed by atoms with Crippen molar-refractivity contribution in [3.63, 3.8) is 0 Å². The number of aromatic nitrogens is 2. The summed E-state index contributed by atoms with van der Waals surface area (Å²) in [5, 5.41) is 17.8. The summed E-state index contributed by atoms with van der Waals surface area (Å²) in [4.78, 5) is 26.4. The van der Waals surface area contributed by atoms with Gasteiger partial charge in [0.2, 0.25) is 11.7 Å². The van der Waals surface area contributed by atoms with Gasteiger partial charge in [0.1, 0.15) is 18.1 Å². The molecule has 1 atom stereocenters. The minimum atomic E-state index is -1.63. The molecule has 0 saturated heterocycles. The summed E-state index contributed by atoms with van der Waals surface area (Å²) in [6, 6.07) is 22.7. The van der Waals surface area contributed by atoms with Crippen LogP contribution in [0.4, 0.5) is 5.69 Å². The number of halogens is 2. The molecule has 172 valence electrons. The molecule has 1 unspecified atom stereocenters. The fourth-order valence-corrected chi connectivity index (χ4v) is 4.30. The van der Waals surface area contributed by atoms with Crippen molar-refractivity contribution in [2.75, 3.05) is 5.32 Å². The largest absolute Gasteiger partial charge is 0.488 e. The number of ether oxygens (including phenoxy) is 1. The van der Waals surface area contributed by atoms with Crippen molar-refractivity contribution in [1.29, 1.82) is 5.26 Å². The number of nitrogens with one attached hydrogen (secondary N) is 1. The zero-order valence-corrected chi connectivity index (χ0v) is 19.5. The van der Waals surface area contributed by atoms with E-state index in [-0.39, 0.29) is 12.3 Å². The highest BCUT2D eigenvalue weighted by Gasteiger charge is 2.36. The number of ketones is 1. The van der Waals surface area contributed by atoms with Crippen LogP contribution in [0.15, 0.2) is 72.8 Å². The molecule has 0 spiro atoms. The van der Waals surface area contributed by atoms with Gasteiger partial charge in [0, 0.05) is 26.9 Å². The van der Waals surface area contributed by atoms with E-state index in [4.69, 9.17) is 27.9 Å². The van der Waals surface area contributed by atoms with Crippen LogP contribution in [-0.2, 0) is 11.4 Å². The quantitative estimate of drug-likeness (QED) is 0.278. The lowest BCUT2D eigenvalue weighted by molar-refractivity contribution is -0.117. The summed E-state index contributed by atoms with van der Waals surface area (Å²) >= 11 is 12.2. The van der Waals surface area contributed by atoms with Crippen molar-refractivity contribution in [3.05, 3.63) is 94.1 Å². The summed E-state index contributed by atoms with van der Waals surface area (Å²) in [7, 11) is 0. The number of hydrogen-bond acceptors (Lipinski definition) is 5. The Balaban J connectivity index is 1.59. The average Bonchev–Trinajstić information content (AvgIpc) is 3.25. The summed E-state index contributed by atoms with van der Waals surface area (Å²) in [5.41, 5.74) is 2.82. The molecule has 9 heteroatoms. The van der Waals surface area contributed by atoms with Gasteiger partial charge in [-0.2, -0.15) is 10.4 Å². The fourth-order valence-electron chi connectivity index (χ4n) is 3.93. The Morgan fingerprint density at radius 3 is 2.54 bits per heavy atom. The molecule has 0 radical (unpaired) electrons. The molecule has 0 bridgehead atoms. The number of Topliss-reactive ketones (excluding diaryl/α,β-unsaturated/α-hetero) is 1. The van der Waals surface area contributed by atoms with Crippen molar-refractivity contribution in [2.24, 2.45) is 5.92 Å². The highest BCUT2D eigenvalue weighted by Crippen LogP contribution is 2.41. The Kier molecular flexibility index (Phi) is 6.00. The van der Waals surface area contributed by atoms with Gasteiger partial charge in [-0.15, -0.1) is 0 Å². The highest BCUT2D eigenvalue weighted by atomic mass is 35.5. The van der Waals surface area contributed by atoms with E-state index in [1.807, 2.05) is 36.4 Å². The van der Waals surface area contributed by atoms with Crippen LogP contribution in [0.5, 0.6) is 5.75 Å². The van der Waals surface area contributed by atoms with E-state index in [2.05, 4.69) is 10.4 Å². The normalized spacial score (nSPS) is 12.5. The number of carbonyl (C=O) groups is 2. The van der Waals surface area contributed by atoms with Gasteiger partial charge in [0.05, 0.1) is 17.5 Å². The zero-order chi connectivity index (χ0) is 24.5. The van der Waals surface area contributed by atoms with Crippen LogP contribution in [0.2, 0.25) is 10.0 Å². The van der Waals surface area contributed by atoms with Crippen LogP contribution in [0, 0.1) is 17.2 Å². The minimum Gasteiger partial charge on any atom is -0.488 e. The monoisotopic (exact) mass is 502 g/mol. The van der Waals surface area contributed by atoms with E-state index >= 15 is 0 Å². The van der Waals surface area contributed by atoms with Gasteiger partial charge in [-0.1, -0.05) is 47.5 Å². The summed E-state index contributed by atoms with van der Waals surface area (Å²) in [6.07, 6.45) is 0. The third kappa shape index (κ3) is 4.26. The third-order valence-corrected chi connectivity index (χ3v) is 6.00. The Hall–Kier alpha value is -4.12. The first-order valence-electron chi connectivity index (χ1n) is 10.6. The molecular formula is C26H16Cl2N4O3. The van der Waals surface area contributed by atoms with Gasteiger partial charge >= 0.3 is 0 Å². The molecule has 5 rings (SSSR count). The maximum Gasteiger partial charge on any atom is 0.249 e. The number of nitriles is 1. The van der Waals surface area contributed by atoms with Gasteiger partial charge in [-0.05, 0) is 48.5 Å². The molecule has 0 fully saturated rings. The average molecular weight is 503 g/mol. The predicted molar refractivity (Wildman–Crippen MR) is 132 cm³/mol. The molecule has 4 aromatic rings. The SMILES string of the molecule is N#CC(C(=O)Nc1cccc(Cl)c1)C(=O)c1nn(-c2ccccc2)c2c1COc1ccc(Cl)cc1-2. The van der Waals surface area contributed by atoms with Gasteiger partial charge < -0.3 is 10.1 Å². The predicted octanol–water partition coefficient (Wildman–Crippen LogP) is 5.70. The molecular weight excluding hydrogens is 487 g/mol. The van der Waals surface area contributed by atoms with Crippen LogP contribution >= 0.6 is 23.2 Å². The molecule has 2 heterocycles. The lowest BCUT2D eigenvalue weighted by Crippen LogP contribution is -2.29. The second-order valence-electron chi connectivity index (χ2n) is 7.78. The Morgan fingerprint density at radius 1 is 1.03 bits per heavy atom. The van der Waals surface area contributed by atoms with Gasteiger partial charge in [0.25, 0.3) is 0 Å². The van der Waals surface area contributed by atoms with Crippen LogP contribution in [-0.4, -0.2) is 21.5 Å². The molecule has 7 nitrogen and oxygen atoms in total. The van der Waals surface area contributed by atoms with E-state index < -0.39 is 17.6 Å². The number of rotatable bonds is 5. The summed E-state index contributed by atoms with van der Waals surface area (Å²) in [6.45, 7) is 0.0476. The van der Waals surface area contributed by atoms with Gasteiger partial charge in [-0.25, -0.2) is 4.68 Å². The number of benzene rings is 3. The van der Waals surface area contributed by atoms with Gasteiger partial charge in [-0.3, -0.25) is 9.59 Å². The van der Waals surface area contributed by atoms with Crippen molar-refractivity contribution >= 4 is 40.6 Å². The number of fused-ring (bicyclic) bond motifs is 3. The molecule has 1 amide bonds. The number of hydrogen-bond donors (Lipinski definition) is 1. The molecule has 3 aromatic carbocycles. The van der Waals surface area contributed by atoms with Crippen molar-refractivity contribution in [1.82, 2.24) is 9.78 Å². The number of amides is 1. The third-order valence-electron chi connectivity index (χ3n) is 5.53. The molecule has 35 heavy (non-hydrogen) atoms. The smallest absolute Gasteiger partial charge is 0.249 e. The van der Waals surface area contributed by atoms with Crippen LogP contribution in [0.3, 0.4) is 0 Å². The standard InChI is InChI=1S/C26H16Cl2N4O3/c27-15-5-4-6-17(11-15)30-26(34)20(13-29)25(33)23-21-14-35-22-10-9-16(28)12-19(22)24(21)32(31-23)18-7-2-1-3-8-18/h1-12,20H,14H2,(H,30,34). The Labute approximate surface area is 210 Å². The fraction of sp³-hybridized carbons (Fsp3) is 0.0769. The maximum absolute atomic E-state index is 13.5. The van der Waals surface area contributed by atoms with Crippen LogP contribution in [0.25, 0.3) is 16.9 Å². The molecule has 0 saturated carbocycles. The minimum absolute atomic E-state index is 0.0118. The summed E-state index contributed by atoms with van der Waals surface area (Å²) in [5.74, 6) is -2.54. The van der Waals surface area contributed by atoms with E-state index in [0.29, 0.717) is 44.0 Å². The first-order chi connectivity index (χ1) is 17.0. The van der Waals surface area contributed by atoms with Crippen molar-refractivity contribution in [3.8, 4) is 28.8 Å². The highest BCUT2D eigenvalue weighted by molar-refractivity contribution is 6.31. The lowest BCUT2D eigenvalue weighted by Gasteiger charge is -2.20. The maximum atomic E-state index is 13.5. The number of para-hydroxylation sites is 1. The molecule has 1 aromatic heterocycles. The van der Waals surface area contributed by atoms with Crippen LogP contribution in [0.1, 0.15) is 16.1 Å². The number of anilines is 1. The Bertz CT molecular complexity index is 1510. The Morgan fingerprint density at radius 2 is 1.80 bits per heavy atom. The second-order valence-corrected chi connectivity index (χ2v) is 8.65. The topological polar surface area (TPSA) is 97.0 Å². The molecule has 0 aliphatic carbocycles. The lowest BCUT2D eigenvalue weighted by atomic mass is 9.96. The second kappa shape index (κ2) is 9.26. The summed E-state index contributed by atoms with van der Waals surface area (Å²) < 4.78 is 7.48. The van der Waals surface area contributed by atoms with E-state index in [1.54, 1.807) is 41.1 Å². The van der Waals surface area contributed by atoms with E-state index in [1.165, 1.54) is 6.07 Å². The first kappa shape index (κ1) is 22.7. The molecule has 1 aliphatic heterocycles. The first-order valence-corrected chi connectivity index (χ1v) is 11.3. The van der Waals surface area contributed by atoms with Crippen molar-refractivity contribution < 1.29 is 14.3 Å². The number of nitrogens with zero attached hydrogens (tertiary/aromatic N) is 3. The van der Waals surface area contributed by atoms with E-state index in [0.717, 1.165) is 0 Å². The van der Waals surface area contributed by atoms with E-state index in [9.17, 15) is 14.9 Å². The van der Waals surface area contributed by atoms with Gasteiger partial charge in [0.15, 0.2) is 5.92 Å².